The number of hydrogen-bond acceptors (Lipinski definition) is 1. The van der Waals surface area contributed by atoms with E-state index in [1.165, 1.54) is 16.7 Å². The largest absolute Gasteiger partial charge is 0.299 e. The highest BCUT2D eigenvalue weighted by molar-refractivity contribution is 5.65. The average Bonchev–Trinajstić information content (AvgIpc) is 2.39. The summed E-state index contributed by atoms with van der Waals surface area (Å²) < 4.78 is 0. The van der Waals surface area contributed by atoms with E-state index in [0.29, 0.717) is 5.92 Å². The van der Waals surface area contributed by atoms with Gasteiger partial charge in [-0.05, 0) is 58.1 Å². The minimum atomic E-state index is 0.653. The van der Waals surface area contributed by atoms with Crippen molar-refractivity contribution >= 4 is 6.29 Å². The first-order chi connectivity index (χ1) is 9.86. The molecule has 0 aliphatic rings. The highest BCUT2D eigenvalue weighted by Gasteiger charge is 1.95. The van der Waals surface area contributed by atoms with E-state index in [-0.39, 0.29) is 0 Å². The smallest absolute Gasteiger partial charge is 0.142 e. The minimum absolute atomic E-state index is 0.653. The molecule has 1 nitrogen and oxygen atoms in total. The van der Waals surface area contributed by atoms with E-state index in [4.69, 9.17) is 0 Å². The van der Waals surface area contributed by atoms with Crippen LogP contribution in [0.15, 0.2) is 47.6 Å². The van der Waals surface area contributed by atoms with Crippen molar-refractivity contribution in [2.45, 2.75) is 60.3 Å². The summed E-state index contributed by atoms with van der Waals surface area (Å²) in [6.45, 7) is 12.7. The Balaban J connectivity index is 0.000000382. The van der Waals surface area contributed by atoms with Crippen LogP contribution in [0.5, 0.6) is 0 Å². The lowest BCUT2D eigenvalue weighted by Crippen LogP contribution is -1.85. The Kier molecular flexibility index (Phi) is 10.2. The lowest BCUT2D eigenvalue weighted by atomic mass is 10.0. The summed E-state index contributed by atoms with van der Waals surface area (Å²) in [6.07, 6.45) is 6.68. The average molecular weight is 286 g/mol. The second-order valence-corrected chi connectivity index (χ2v) is 6.03. The van der Waals surface area contributed by atoms with Gasteiger partial charge in [0.2, 0.25) is 0 Å². The molecule has 1 aromatic rings. The molecule has 0 fully saturated rings. The Morgan fingerprint density at radius 2 is 1.67 bits per heavy atom. The molecule has 0 aromatic heterocycles. The van der Waals surface area contributed by atoms with Crippen molar-refractivity contribution in [2.75, 3.05) is 0 Å². The first kappa shape index (κ1) is 19.4. The molecular formula is C20H30O. The van der Waals surface area contributed by atoms with Gasteiger partial charge in [-0.25, -0.2) is 0 Å². The van der Waals surface area contributed by atoms with Crippen molar-refractivity contribution in [3.05, 3.63) is 58.7 Å². The lowest BCUT2D eigenvalue weighted by Gasteiger charge is -2.03. The molecule has 0 spiro atoms. The fourth-order valence-electron chi connectivity index (χ4n) is 1.74. The van der Waals surface area contributed by atoms with Gasteiger partial charge in [-0.3, -0.25) is 4.79 Å². The summed E-state index contributed by atoms with van der Waals surface area (Å²) in [7, 11) is 0. The second kappa shape index (κ2) is 11.1. The van der Waals surface area contributed by atoms with E-state index < -0.39 is 0 Å². The van der Waals surface area contributed by atoms with E-state index in [0.717, 1.165) is 24.7 Å². The Bertz CT molecular complexity index is 457. The Morgan fingerprint density at radius 3 is 2.10 bits per heavy atom. The number of rotatable bonds is 5. The van der Waals surface area contributed by atoms with Crippen LogP contribution in [0.25, 0.3) is 0 Å². The van der Waals surface area contributed by atoms with Crippen LogP contribution in [0, 0.1) is 6.92 Å². The lowest BCUT2D eigenvalue weighted by molar-refractivity contribution is -0.104. The Hall–Kier alpha value is -1.63. The predicted octanol–water partition coefficient (Wildman–Crippen LogP) is 6.00. The summed E-state index contributed by atoms with van der Waals surface area (Å²) in [5, 5.41) is 0. The summed E-state index contributed by atoms with van der Waals surface area (Å²) in [5.41, 5.74) is 5.25. The van der Waals surface area contributed by atoms with Gasteiger partial charge in [-0.2, -0.15) is 0 Å². The highest BCUT2D eigenvalue weighted by Crippen LogP contribution is 2.13. The molecule has 0 aliphatic carbocycles. The van der Waals surface area contributed by atoms with Crippen LogP contribution >= 0.6 is 0 Å². The summed E-state index contributed by atoms with van der Waals surface area (Å²) in [5.74, 6) is 0.653. The maximum atomic E-state index is 10.0. The highest BCUT2D eigenvalue weighted by atomic mass is 16.1. The molecule has 0 heterocycles. The maximum absolute atomic E-state index is 10.0. The molecule has 0 bridgehead atoms. The van der Waals surface area contributed by atoms with E-state index in [1.807, 2.05) is 6.92 Å². The number of carbonyl (C=O) groups excluding carboxylic acids is 1. The first-order valence-electron chi connectivity index (χ1n) is 7.67. The van der Waals surface area contributed by atoms with Gasteiger partial charge in [0.15, 0.2) is 0 Å². The molecule has 1 rings (SSSR count). The van der Waals surface area contributed by atoms with Gasteiger partial charge in [0.25, 0.3) is 0 Å². The molecule has 0 saturated carbocycles. The zero-order valence-electron chi connectivity index (χ0n) is 14.4. The second-order valence-electron chi connectivity index (χ2n) is 6.03. The molecule has 0 radical (unpaired) electrons. The molecule has 0 atom stereocenters. The normalized spacial score (nSPS) is 10.7. The molecule has 0 saturated heterocycles. The van der Waals surface area contributed by atoms with Gasteiger partial charge >= 0.3 is 0 Å². The van der Waals surface area contributed by atoms with Crippen LogP contribution in [0.4, 0.5) is 0 Å². The van der Waals surface area contributed by atoms with Gasteiger partial charge in [0.1, 0.15) is 6.29 Å². The molecule has 0 unspecified atom stereocenters. The molecule has 0 amide bonds. The third kappa shape index (κ3) is 10.8. The number of allylic oxidation sites excluding steroid dienone is 4. The van der Waals surface area contributed by atoms with Crippen molar-refractivity contribution in [3.8, 4) is 0 Å². The van der Waals surface area contributed by atoms with Gasteiger partial charge in [-0.15, -0.1) is 0 Å². The zero-order valence-corrected chi connectivity index (χ0v) is 14.4. The third-order valence-corrected chi connectivity index (χ3v) is 3.19. The topological polar surface area (TPSA) is 17.1 Å². The number of hydrogen-bond donors (Lipinski definition) is 0. The number of aryl methyl sites for hydroxylation is 1. The van der Waals surface area contributed by atoms with Crippen LogP contribution in [-0.2, 0) is 4.79 Å². The van der Waals surface area contributed by atoms with Gasteiger partial charge < -0.3 is 0 Å². The van der Waals surface area contributed by atoms with Crippen molar-refractivity contribution in [1.29, 1.82) is 0 Å². The molecular weight excluding hydrogens is 256 g/mol. The van der Waals surface area contributed by atoms with Gasteiger partial charge in [-0.1, -0.05) is 60.9 Å². The first-order valence-corrected chi connectivity index (χ1v) is 7.67. The molecule has 0 N–H and O–H groups in total. The fourth-order valence-corrected chi connectivity index (χ4v) is 1.74. The SMILES string of the molecule is CC(C)=CCC/C(C)=C/C=O.Cc1ccc(C(C)C)cc1. The van der Waals surface area contributed by atoms with Crippen LogP contribution in [0.1, 0.15) is 64.5 Å². The van der Waals surface area contributed by atoms with Crippen LogP contribution in [0.3, 0.4) is 0 Å². The zero-order chi connectivity index (χ0) is 16.3. The maximum Gasteiger partial charge on any atom is 0.142 e. The van der Waals surface area contributed by atoms with Gasteiger partial charge in [0, 0.05) is 0 Å². The monoisotopic (exact) mass is 286 g/mol. The van der Waals surface area contributed by atoms with Crippen LogP contribution < -0.4 is 0 Å². The van der Waals surface area contributed by atoms with E-state index in [9.17, 15) is 4.79 Å². The molecule has 1 heteroatoms. The number of carbonyl (C=O) groups is 1. The van der Waals surface area contributed by atoms with Crippen LogP contribution in [-0.4, -0.2) is 6.29 Å². The van der Waals surface area contributed by atoms with Gasteiger partial charge in [0.05, 0.1) is 0 Å². The predicted molar refractivity (Wildman–Crippen MR) is 93.8 cm³/mol. The van der Waals surface area contributed by atoms with E-state index in [1.54, 1.807) is 6.08 Å². The third-order valence-electron chi connectivity index (χ3n) is 3.19. The molecule has 116 valence electrons. The quantitative estimate of drug-likeness (QED) is 0.369. The van der Waals surface area contributed by atoms with Crippen molar-refractivity contribution in [1.82, 2.24) is 0 Å². The number of benzene rings is 1. The molecule has 21 heavy (non-hydrogen) atoms. The van der Waals surface area contributed by atoms with E-state index >= 15 is 0 Å². The summed E-state index contributed by atoms with van der Waals surface area (Å²) in [4.78, 5) is 10.0. The Morgan fingerprint density at radius 1 is 1.10 bits per heavy atom. The van der Waals surface area contributed by atoms with Crippen molar-refractivity contribution in [2.24, 2.45) is 0 Å². The summed E-state index contributed by atoms with van der Waals surface area (Å²) >= 11 is 0. The van der Waals surface area contributed by atoms with Crippen molar-refractivity contribution < 1.29 is 4.79 Å². The van der Waals surface area contributed by atoms with E-state index in [2.05, 4.69) is 65.0 Å². The molecule has 1 aromatic carbocycles. The minimum Gasteiger partial charge on any atom is -0.299 e. The van der Waals surface area contributed by atoms with Crippen LogP contribution in [0.2, 0.25) is 0 Å². The Labute approximate surface area is 130 Å². The number of aldehydes is 1. The molecule has 0 aliphatic heterocycles. The fraction of sp³-hybridized carbons (Fsp3) is 0.450. The standard InChI is InChI=1S/C10H16O.C10H14/c1-9(2)5-4-6-10(3)7-8-11;1-8(2)10-6-4-9(3)5-7-10/h5,7-8H,4,6H2,1-3H3;4-8H,1-3H3/b10-7+;. The summed E-state index contributed by atoms with van der Waals surface area (Å²) in [6, 6.07) is 8.71. The van der Waals surface area contributed by atoms with Crippen molar-refractivity contribution in [3.63, 3.8) is 0 Å².